The maximum absolute atomic E-state index is 11.8. The Balaban J connectivity index is 2.73. The van der Waals surface area contributed by atoms with Crippen LogP contribution in [0.25, 0.3) is 10.9 Å². The minimum absolute atomic E-state index is 0.281. The molecule has 17 heavy (non-hydrogen) atoms. The summed E-state index contributed by atoms with van der Waals surface area (Å²) in [5, 5.41) is 0.837. The Bertz CT molecular complexity index is 561. The predicted molar refractivity (Wildman–Crippen MR) is 67.2 cm³/mol. The van der Waals surface area contributed by atoms with Gasteiger partial charge in [-0.1, -0.05) is 32.0 Å². The van der Waals surface area contributed by atoms with Gasteiger partial charge in [0.2, 0.25) is 0 Å². The van der Waals surface area contributed by atoms with Gasteiger partial charge in [-0.05, 0) is 18.1 Å². The highest BCUT2D eigenvalue weighted by molar-refractivity contribution is 6.03. The summed E-state index contributed by atoms with van der Waals surface area (Å²) in [6.45, 7) is 4.11. The number of rotatable bonds is 2. The van der Waals surface area contributed by atoms with Gasteiger partial charge in [-0.3, -0.25) is 4.98 Å². The lowest BCUT2D eigenvalue weighted by Gasteiger charge is -2.10. The number of aromatic nitrogens is 1. The van der Waals surface area contributed by atoms with Gasteiger partial charge in [-0.2, -0.15) is 0 Å². The van der Waals surface area contributed by atoms with Crippen LogP contribution in [0.3, 0.4) is 0 Å². The second-order valence-corrected chi connectivity index (χ2v) is 4.26. The maximum atomic E-state index is 11.8. The molecule has 0 aliphatic rings. The summed E-state index contributed by atoms with van der Waals surface area (Å²) in [5.74, 6) is -0.0338. The summed E-state index contributed by atoms with van der Waals surface area (Å²) >= 11 is 0. The van der Waals surface area contributed by atoms with E-state index in [0.717, 1.165) is 16.6 Å². The second-order valence-electron chi connectivity index (χ2n) is 4.26. The molecule has 1 heterocycles. The van der Waals surface area contributed by atoms with E-state index in [4.69, 9.17) is 4.74 Å². The summed E-state index contributed by atoms with van der Waals surface area (Å²) in [4.78, 5) is 16.3. The first-order valence-corrected chi connectivity index (χ1v) is 5.61. The molecule has 1 aromatic heterocycles. The Labute approximate surface area is 100 Å². The van der Waals surface area contributed by atoms with E-state index in [2.05, 4.69) is 18.8 Å². The number of esters is 1. The van der Waals surface area contributed by atoms with Crippen LogP contribution in [0, 0.1) is 0 Å². The van der Waals surface area contributed by atoms with Crippen LogP contribution in [0.5, 0.6) is 0 Å². The first-order valence-electron chi connectivity index (χ1n) is 5.61. The van der Waals surface area contributed by atoms with Crippen LogP contribution in [-0.2, 0) is 4.74 Å². The smallest absolute Gasteiger partial charge is 0.338 e. The van der Waals surface area contributed by atoms with Crippen molar-refractivity contribution in [2.24, 2.45) is 0 Å². The van der Waals surface area contributed by atoms with Crippen molar-refractivity contribution in [1.29, 1.82) is 0 Å². The number of hydrogen-bond donors (Lipinski definition) is 0. The Hall–Kier alpha value is -1.90. The monoisotopic (exact) mass is 229 g/mol. The fourth-order valence-corrected chi connectivity index (χ4v) is 1.77. The molecule has 88 valence electrons. The van der Waals surface area contributed by atoms with E-state index in [-0.39, 0.29) is 11.9 Å². The number of methoxy groups -OCH3 is 1. The Morgan fingerprint density at radius 3 is 2.65 bits per heavy atom. The van der Waals surface area contributed by atoms with E-state index >= 15 is 0 Å². The predicted octanol–water partition coefficient (Wildman–Crippen LogP) is 3.14. The van der Waals surface area contributed by atoms with Crippen LogP contribution in [0.4, 0.5) is 0 Å². The zero-order valence-corrected chi connectivity index (χ0v) is 10.2. The van der Waals surface area contributed by atoms with Crippen molar-refractivity contribution in [1.82, 2.24) is 4.98 Å². The molecule has 0 radical (unpaired) electrons. The summed E-state index contributed by atoms with van der Waals surface area (Å²) in [5.41, 5.74) is 2.32. The van der Waals surface area contributed by atoms with Gasteiger partial charge < -0.3 is 4.74 Å². The molecule has 0 saturated heterocycles. The number of ether oxygens (including phenoxy) is 1. The van der Waals surface area contributed by atoms with Gasteiger partial charge in [0.15, 0.2) is 0 Å². The molecule has 1 aromatic carbocycles. The van der Waals surface area contributed by atoms with Crippen molar-refractivity contribution >= 4 is 16.9 Å². The molecule has 3 nitrogen and oxygen atoms in total. The number of carbonyl (C=O) groups is 1. The molecular formula is C14H15NO2. The first-order chi connectivity index (χ1) is 8.13. The van der Waals surface area contributed by atoms with E-state index in [1.807, 2.05) is 30.3 Å². The highest BCUT2D eigenvalue weighted by Crippen LogP contribution is 2.22. The van der Waals surface area contributed by atoms with E-state index < -0.39 is 0 Å². The Morgan fingerprint density at radius 2 is 2.00 bits per heavy atom. The van der Waals surface area contributed by atoms with E-state index in [9.17, 15) is 4.79 Å². The van der Waals surface area contributed by atoms with Crippen molar-refractivity contribution in [3.8, 4) is 0 Å². The number of para-hydroxylation sites is 1. The van der Waals surface area contributed by atoms with Gasteiger partial charge in [-0.25, -0.2) is 4.79 Å². The van der Waals surface area contributed by atoms with Crippen molar-refractivity contribution < 1.29 is 9.53 Å². The van der Waals surface area contributed by atoms with Gasteiger partial charge in [0.25, 0.3) is 0 Å². The van der Waals surface area contributed by atoms with Gasteiger partial charge in [0, 0.05) is 11.1 Å². The minimum atomic E-state index is -0.314. The van der Waals surface area contributed by atoms with Crippen LogP contribution >= 0.6 is 0 Å². The van der Waals surface area contributed by atoms with Gasteiger partial charge in [-0.15, -0.1) is 0 Å². The van der Waals surface area contributed by atoms with Gasteiger partial charge >= 0.3 is 5.97 Å². The number of carbonyl (C=O) groups excluding carboxylic acids is 1. The molecule has 0 atom stereocenters. The number of fused-ring (bicyclic) bond motifs is 1. The van der Waals surface area contributed by atoms with Crippen LogP contribution in [0.2, 0.25) is 0 Å². The molecule has 0 fully saturated rings. The first kappa shape index (κ1) is 11.6. The number of benzene rings is 1. The van der Waals surface area contributed by atoms with Crippen molar-refractivity contribution in [3.05, 3.63) is 41.6 Å². The third kappa shape index (κ3) is 2.13. The van der Waals surface area contributed by atoms with Gasteiger partial charge in [0.05, 0.1) is 18.2 Å². The quantitative estimate of drug-likeness (QED) is 0.742. The van der Waals surface area contributed by atoms with Crippen molar-refractivity contribution in [3.63, 3.8) is 0 Å². The summed E-state index contributed by atoms with van der Waals surface area (Å²) in [7, 11) is 1.40. The molecule has 2 rings (SSSR count). The zero-order chi connectivity index (χ0) is 12.4. The van der Waals surface area contributed by atoms with E-state index in [1.165, 1.54) is 7.11 Å². The molecule has 2 aromatic rings. The topological polar surface area (TPSA) is 39.2 Å². The third-order valence-electron chi connectivity index (χ3n) is 2.73. The van der Waals surface area contributed by atoms with Gasteiger partial charge in [0.1, 0.15) is 0 Å². The normalized spacial score (nSPS) is 10.8. The molecule has 0 bridgehead atoms. The second kappa shape index (κ2) is 4.53. The van der Waals surface area contributed by atoms with Crippen molar-refractivity contribution in [2.45, 2.75) is 19.8 Å². The molecule has 0 aliphatic heterocycles. The summed E-state index contributed by atoms with van der Waals surface area (Å²) in [6.07, 6.45) is 0. The van der Waals surface area contributed by atoms with Crippen LogP contribution in [0.15, 0.2) is 30.3 Å². The molecule has 0 saturated carbocycles. The molecular weight excluding hydrogens is 214 g/mol. The molecule has 0 aliphatic carbocycles. The highest BCUT2D eigenvalue weighted by Gasteiger charge is 2.14. The number of nitrogens with zero attached hydrogens (tertiary/aromatic N) is 1. The molecule has 0 spiro atoms. The van der Waals surface area contributed by atoms with E-state index in [1.54, 1.807) is 0 Å². The third-order valence-corrected chi connectivity index (χ3v) is 2.73. The van der Waals surface area contributed by atoms with Crippen LogP contribution in [-0.4, -0.2) is 18.1 Å². The molecule has 0 N–H and O–H groups in total. The lowest BCUT2D eigenvalue weighted by molar-refractivity contribution is 0.0603. The molecule has 0 unspecified atom stereocenters. The fraction of sp³-hybridized carbons (Fsp3) is 0.286. The number of pyridine rings is 1. The average Bonchev–Trinajstić information content (AvgIpc) is 2.36. The SMILES string of the molecule is COC(=O)c1cc(C(C)C)nc2ccccc12. The Kier molecular flexibility index (Phi) is 3.09. The van der Waals surface area contributed by atoms with Crippen LogP contribution in [0.1, 0.15) is 35.8 Å². The molecule has 0 amide bonds. The standard InChI is InChI=1S/C14H15NO2/c1-9(2)13-8-11(14(16)17-3)10-6-4-5-7-12(10)15-13/h4-9H,1-3H3. The summed E-state index contributed by atoms with van der Waals surface area (Å²) in [6, 6.07) is 9.43. The average molecular weight is 229 g/mol. The zero-order valence-electron chi connectivity index (χ0n) is 10.2. The van der Waals surface area contributed by atoms with Crippen LogP contribution < -0.4 is 0 Å². The number of hydrogen-bond acceptors (Lipinski definition) is 3. The maximum Gasteiger partial charge on any atom is 0.338 e. The summed E-state index contributed by atoms with van der Waals surface area (Å²) < 4.78 is 4.81. The largest absolute Gasteiger partial charge is 0.465 e. The highest BCUT2D eigenvalue weighted by atomic mass is 16.5. The Morgan fingerprint density at radius 1 is 1.29 bits per heavy atom. The fourth-order valence-electron chi connectivity index (χ4n) is 1.77. The van der Waals surface area contributed by atoms with Crippen molar-refractivity contribution in [2.75, 3.05) is 7.11 Å². The molecule has 3 heteroatoms. The lowest BCUT2D eigenvalue weighted by Crippen LogP contribution is -2.05. The lowest BCUT2D eigenvalue weighted by atomic mass is 10.0. The minimum Gasteiger partial charge on any atom is -0.465 e. The van der Waals surface area contributed by atoms with E-state index in [0.29, 0.717) is 5.56 Å².